The number of nitrogens with one attached hydrogen (secondary N) is 1. The Morgan fingerprint density at radius 1 is 1.30 bits per heavy atom. The van der Waals surface area contributed by atoms with E-state index in [2.05, 4.69) is 27.4 Å². The minimum absolute atomic E-state index is 0.0309. The Labute approximate surface area is 163 Å². The third-order valence-electron chi connectivity index (χ3n) is 4.29. The molecule has 1 heterocycles. The van der Waals surface area contributed by atoms with Crippen LogP contribution in [0.4, 0.5) is 11.4 Å². The predicted molar refractivity (Wildman–Crippen MR) is 108 cm³/mol. The number of benzene rings is 1. The second-order valence-corrected chi connectivity index (χ2v) is 6.90. The first-order valence-electron chi connectivity index (χ1n) is 8.76. The lowest BCUT2D eigenvalue weighted by Crippen LogP contribution is -2.23. The fourth-order valence-electron chi connectivity index (χ4n) is 2.77. The number of carbonyl (C=O) groups is 1. The summed E-state index contributed by atoms with van der Waals surface area (Å²) in [5, 5.41) is 3.43. The highest BCUT2D eigenvalue weighted by molar-refractivity contribution is 6.49. The van der Waals surface area contributed by atoms with Crippen LogP contribution in [0, 0.1) is 0 Å². The standard InChI is InChI=1S/C20H22ClN5O/c1-14-12-17(19(22)18(21)20(14)27)24-16-6-4-15(5-7-16)23-8-3-9-26-11-10-25(2)13-26/h4-7,10-13H,3,8-9H2,1-2H3,(H2-,22,23,27)/p+1. The molecule has 1 aromatic carbocycles. The fraction of sp³-hybridized carbons (Fsp3) is 0.250. The monoisotopic (exact) mass is 384 g/mol. The van der Waals surface area contributed by atoms with Crippen LogP contribution >= 0.6 is 11.6 Å². The average Bonchev–Trinajstić information content (AvgIpc) is 3.08. The second kappa shape index (κ2) is 8.22. The summed E-state index contributed by atoms with van der Waals surface area (Å²) in [5.41, 5.74) is 8.96. The molecule has 6 nitrogen and oxygen atoms in total. The van der Waals surface area contributed by atoms with Crippen LogP contribution in [-0.4, -0.2) is 22.6 Å². The molecule has 0 radical (unpaired) electrons. The molecule has 7 heteroatoms. The number of aromatic nitrogens is 2. The molecule has 2 aromatic rings. The molecule has 0 saturated heterocycles. The van der Waals surface area contributed by atoms with Gasteiger partial charge in [-0.15, -0.1) is 0 Å². The highest BCUT2D eigenvalue weighted by Crippen LogP contribution is 2.23. The lowest BCUT2D eigenvalue weighted by atomic mass is 10.0. The first-order chi connectivity index (χ1) is 12.9. The predicted octanol–water partition coefficient (Wildman–Crippen LogP) is 2.83. The molecular formula is C20H23ClN5O+. The molecule has 3 rings (SSSR count). The van der Waals surface area contributed by atoms with Gasteiger partial charge in [-0.05, 0) is 37.3 Å². The van der Waals surface area contributed by atoms with Gasteiger partial charge in [0.05, 0.1) is 30.7 Å². The van der Waals surface area contributed by atoms with Crippen molar-refractivity contribution in [1.29, 1.82) is 0 Å². The van der Waals surface area contributed by atoms with Gasteiger partial charge in [-0.25, -0.2) is 14.1 Å². The second-order valence-electron chi connectivity index (χ2n) is 6.53. The summed E-state index contributed by atoms with van der Waals surface area (Å²) in [6, 6.07) is 7.76. The number of aryl methyl sites for hydroxylation is 2. The minimum Gasteiger partial charge on any atom is -0.396 e. The normalized spacial score (nSPS) is 16.0. The summed E-state index contributed by atoms with van der Waals surface area (Å²) in [6.07, 6.45) is 8.85. The number of halogens is 1. The van der Waals surface area contributed by atoms with Gasteiger partial charge in [0.25, 0.3) is 0 Å². The smallest absolute Gasteiger partial charge is 0.243 e. The highest BCUT2D eigenvalue weighted by atomic mass is 35.5. The van der Waals surface area contributed by atoms with Crippen molar-refractivity contribution in [2.45, 2.75) is 19.9 Å². The van der Waals surface area contributed by atoms with E-state index < -0.39 is 0 Å². The van der Waals surface area contributed by atoms with E-state index >= 15 is 0 Å². The number of nitrogens with zero attached hydrogens (tertiary/aromatic N) is 3. The summed E-state index contributed by atoms with van der Waals surface area (Å²) in [4.78, 5) is 16.3. The number of carbonyl (C=O) groups excluding carboxylic acids is 1. The van der Waals surface area contributed by atoms with Gasteiger partial charge >= 0.3 is 0 Å². The van der Waals surface area contributed by atoms with Crippen molar-refractivity contribution < 1.29 is 9.36 Å². The first kappa shape index (κ1) is 18.9. The summed E-state index contributed by atoms with van der Waals surface area (Å²) < 4.78 is 4.19. The zero-order valence-electron chi connectivity index (χ0n) is 15.4. The third kappa shape index (κ3) is 4.65. The summed E-state index contributed by atoms with van der Waals surface area (Å²) in [5.74, 6) is -0.249. The number of anilines is 1. The number of nitrogens with two attached hydrogens (primary N) is 1. The van der Waals surface area contributed by atoms with E-state index in [1.807, 2.05) is 42.1 Å². The largest absolute Gasteiger partial charge is 0.396 e. The van der Waals surface area contributed by atoms with Gasteiger partial charge in [0.2, 0.25) is 12.1 Å². The van der Waals surface area contributed by atoms with E-state index in [-0.39, 0.29) is 16.5 Å². The van der Waals surface area contributed by atoms with Crippen molar-refractivity contribution in [3.05, 3.63) is 65.4 Å². The van der Waals surface area contributed by atoms with Gasteiger partial charge in [0.1, 0.15) is 17.4 Å². The molecule has 1 aliphatic rings. The van der Waals surface area contributed by atoms with E-state index in [0.717, 1.165) is 30.9 Å². The number of aliphatic imine (C=N–C) groups is 1. The maximum absolute atomic E-state index is 11.8. The van der Waals surface area contributed by atoms with E-state index in [9.17, 15) is 4.79 Å². The van der Waals surface area contributed by atoms with Crippen molar-refractivity contribution in [3.63, 3.8) is 0 Å². The van der Waals surface area contributed by atoms with Crippen LogP contribution in [-0.2, 0) is 18.4 Å². The summed E-state index contributed by atoms with van der Waals surface area (Å²) in [7, 11) is 2.01. The van der Waals surface area contributed by atoms with Gasteiger partial charge in [-0.2, -0.15) is 0 Å². The molecule has 0 amide bonds. The van der Waals surface area contributed by atoms with Gasteiger partial charge < -0.3 is 11.1 Å². The minimum atomic E-state index is -0.249. The zero-order valence-corrected chi connectivity index (χ0v) is 16.2. The van der Waals surface area contributed by atoms with Crippen molar-refractivity contribution in [3.8, 4) is 0 Å². The number of rotatable bonds is 6. The molecule has 3 N–H and O–H groups in total. The van der Waals surface area contributed by atoms with Gasteiger partial charge in [-0.1, -0.05) is 11.6 Å². The Bertz CT molecular complexity index is 938. The number of imidazole rings is 1. The van der Waals surface area contributed by atoms with Crippen LogP contribution in [0.3, 0.4) is 0 Å². The molecule has 1 aromatic heterocycles. The quantitative estimate of drug-likeness (QED) is 0.456. The Morgan fingerprint density at radius 2 is 2.04 bits per heavy atom. The Morgan fingerprint density at radius 3 is 2.70 bits per heavy atom. The van der Waals surface area contributed by atoms with E-state index in [4.69, 9.17) is 17.3 Å². The number of Topliss-reactive ketones (excluding diaryl/α,β-unsaturated/α-hetero) is 1. The molecule has 0 aliphatic heterocycles. The molecule has 0 spiro atoms. The topological polar surface area (TPSA) is 76.3 Å². The van der Waals surface area contributed by atoms with Crippen molar-refractivity contribution in [2.24, 2.45) is 17.8 Å². The maximum atomic E-state index is 11.8. The third-order valence-corrected chi connectivity index (χ3v) is 4.66. The number of hydrogen-bond acceptors (Lipinski definition) is 4. The Balaban J connectivity index is 1.58. The van der Waals surface area contributed by atoms with Crippen LogP contribution in [0.1, 0.15) is 13.3 Å². The average molecular weight is 385 g/mol. The number of allylic oxidation sites excluding steroid dienone is 3. The summed E-state index contributed by atoms with van der Waals surface area (Å²) >= 11 is 5.99. The van der Waals surface area contributed by atoms with Crippen LogP contribution in [0.15, 0.2) is 70.4 Å². The maximum Gasteiger partial charge on any atom is 0.243 e. The lowest BCUT2D eigenvalue weighted by molar-refractivity contribution is -0.671. The molecular weight excluding hydrogens is 362 g/mol. The van der Waals surface area contributed by atoms with Gasteiger partial charge in [0, 0.05) is 24.2 Å². The summed E-state index contributed by atoms with van der Waals surface area (Å²) in [6.45, 7) is 3.55. The molecule has 0 fully saturated rings. The molecule has 1 aliphatic carbocycles. The molecule has 0 unspecified atom stereocenters. The van der Waals surface area contributed by atoms with Crippen LogP contribution in [0.25, 0.3) is 0 Å². The SMILES string of the molecule is CC1=CC(=Nc2ccc(NCCCn3cc[n+](C)c3)cc2)C(N)=C(Cl)C1=O. The van der Waals surface area contributed by atoms with E-state index in [1.165, 1.54) is 0 Å². The Hall–Kier alpha value is -2.86. The number of ketones is 1. The molecule has 0 saturated carbocycles. The van der Waals surface area contributed by atoms with Crippen molar-refractivity contribution in [1.82, 2.24) is 4.57 Å². The Kier molecular flexibility index (Phi) is 5.76. The van der Waals surface area contributed by atoms with Crippen LogP contribution in [0.5, 0.6) is 0 Å². The van der Waals surface area contributed by atoms with Crippen LogP contribution < -0.4 is 15.6 Å². The van der Waals surface area contributed by atoms with Crippen LogP contribution in [0.2, 0.25) is 0 Å². The van der Waals surface area contributed by atoms with E-state index in [1.54, 1.807) is 13.0 Å². The van der Waals surface area contributed by atoms with Gasteiger partial charge in [-0.3, -0.25) is 4.79 Å². The molecule has 0 bridgehead atoms. The molecule has 140 valence electrons. The number of hydrogen-bond donors (Lipinski definition) is 2. The van der Waals surface area contributed by atoms with E-state index in [0.29, 0.717) is 11.3 Å². The van der Waals surface area contributed by atoms with Gasteiger partial charge in [0.15, 0.2) is 0 Å². The zero-order chi connectivity index (χ0) is 19.4. The highest BCUT2D eigenvalue weighted by Gasteiger charge is 2.21. The van der Waals surface area contributed by atoms with Crippen molar-refractivity contribution in [2.75, 3.05) is 11.9 Å². The molecule has 0 atom stereocenters. The van der Waals surface area contributed by atoms with Crippen molar-refractivity contribution >= 4 is 34.5 Å². The first-order valence-corrected chi connectivity index (χ1v) is 9.14. The molecule has 27 heavy (non-hydrogen) atoms. The fourth-order valence-corrected chi connectivity index (χ4v) is 3.02. The lowest BCUT2D eigenvalue weighted by Gasteiger charge is -2.12.